The van der Waals surface area contributed by atoms with Crippen molar-refractivity contribution in [1.29, 1.82) is 0 Å². The van der Waals surface area contributed by atoms with E-state index in [1.54, 1.807) is 35.4 Å². The van der Waals surface area contributed by atoms with E-state index in [9.17, 15) is 9.59 Å². The number of carbonyl (C=O) groups excluding carboxylic acids is 2. The number of rotatable bonds is 7. The Morgan fingerprint density at radius 2 is 1.83 bits per heavy atom. The lowest BCUT2D eigenvalue weighted by molar-refractivity contribution is -0.117. The van der Waals surface area contributed by atoms with E-state index >= 15 is 0 Å². The maximum absolute atomic E-state index is 12.6. The van der Waals surface area contributed by atoms with Crippen molar-refractivity contribution in [2.45, 2.75) is 19.4 Å². The van der Waals surface area contributed by atoms with Crippen molar-refractivity contribution >= 4 is 23.5 Å². The van der Waals surface area contributed by atoms with Crippen molar-refractivity contribution in [3.8, 4) is 5.75 Å². The Hall–Kier alpha value is -3.73. The first-order valence-electron chi connectivity index (χ1n) is 9.95. The summed E-state index contributed by atoms with van der Waals surface area (Å²) in [5.41, 5.74) is 3.07. The number of ether oxygens (including phenoxy) is 1. The maximum Gasteiger partial charge on any atom is 0.227 e. The predicted octanol–water partition coefficient (Wildman–Crippen LogP) is 4.68. The van der Waals surface area contributed by atoms with Gasteiger partial charge in [0.2, 0.25) is 5.91 Å². The van der Waals surface area contributed by atoms with E-state index in [2.05, 4.69) is 4.98 Å². The van der Waals surface area contributed by atoms with Crippen LogP contribution in [0.3, 0.4) is 0 Å². The second-order valence-corrected chi connectivity index (χ2v) is 7.04. The van der Waals surface area contributed by atoms with Crippen LogP contribution in [0.4, 0.5) is 5.69 Å². The average molecular weight is 398 g/mol. The van der Waals surface area contributed by atoms with Gasteiger partial charge in [-0.25, -0.2) is 0 Å². The largest absolute Gasteiger partial charge is 0.487 e. The Bertz CT molecular complexity index is 1060. The van der Waals surface area contributed by atoms with E-state index in [0.717, 1.165) is 29.9 Å². The quantitative estimate of drug-likeness (QED) is 0.428. The number of hydrogen-bond donors (Lipinski definition) is 0. The molecule has 1 saturated heterocycles. The van der Waals surface area contributed by atoms with E-state index in [1.807, 2.05) is 54.6 Å². The Balaban J connectivity index is 1.43. The third-order valence-electron chi connectivity index (χ3n) is 4.97. The minimum Gasteiger partial charge on any atom is -0.487 e. The maximum atomic E-state index is 12.6. The minimum atomic E-state index is -0.103. The van der Waals surface area contributed by atoms with Gasteiger partial charge in [-0.05, 0) is 61.0 Å². The van der Waals surface area contributed by atoms with E-state index in [-0.39, 0.29) is 11.7 Å². The normalized spacial score (nSPS) is 13.7. The second kappa shape index (κ2) is 9.18. The highest BCUT2D eigenvalue weighted by atomic mass is 16.5. The van der Waals surface area contributed by atoms with E-state index in [4.69, 9.17) is 4.74 Å². The number of allylic oxidation sites excluding steroid dienone is 1. The molecule has 0 unspecified atom stereocenters. The van der Waals surface area contributed by atoms with Gasteiger partial charge in [0, 0.05) is 36.0 Å². The highest BCUT2D eigenvalue weighted by Gasteiger charge is 2.21. The van der Waals surface area contributed by atoms with Crippen LogP contribution in [0.25, 0.3) is 6.08 Å². The van der Waals surface area contributed by atoms with E-state index in [1.165, 1.54) is 0 Å². The van der Waals surface area contributed by atoms with Crippen molar-refractivity contribution < 1.29 is 14.3 Å². The lowest BCUT2D eigenvalue weighted by Gasteiger charge is -2.15. The molecule has 5 heteroatoms. The van der Waals surface area contributed by atoms with Crippen molar-refractivity contribution in [2.24, 2.45) is 0 Å². The molecule has 1 fully saturated rings. The fourth-order valence-corrected chi connectivity index (χ4v) is 3.37. The molecule has 150 valence electrons. The fraction of sp³-hybridized carbons (Fsp3) is 0.160. The van der Waals surface area contributed by atoms with Gasteiger partial charge in [-0.3, -0.25) is 14.6 Å². The summed E-state index contributed by atoms with van der Waals surface area (Å²) in [7, 11) is 0. The molecule has 0 bridgehead atoms. The predicted molar refractivity (Wildman–Crippen MR) is 116 cm³/mol. The standard InChI is InChI=1S/C25H22N2O3/c28-23(19-10-13-22(14-11-19)27-17-5-9-25(27)29)15-12-20-6-1-2-8-24(20)30-18-21-7-3-4-16-26-21/h1-4,6-8,10-16H,5,9,17-18H2/b15-12+. The summed E-state index contributed by atoms with van der Waals surface area (Å²) in [5, 5.41) is 0. The van der Waals surface area contributed by atoms with Gasteiger partial charge in [0.05, 0.1) is 5.69 Å². The number of pyridine rings is 1. The number of benzene rings is 2. The number of carbonyl (C=O) groups is 2. The number of ketones is 1. The summed E-state index contributed by atoms with van der Waals surface area (Å²) < 4.78 is 5.88. The molecule has 1 amide bonds. The highest BCUT2D eigenvalue weighted by Crippen LogP contribution is 2.23. The molecule has 0 saturated carbocycles. The minimum absolute atomic E-state index is 0.103. The lowest BCUT2D eigenvalue weighted by atomic mass is 10.1. The summed E-state index contributed by atoms with van der Waals surface area (Å²) in [6.45, 7) is 1.09. The van der Waals surface area contributed by atoms with E-state index in [0.29, 0.717) is 24.3 Å². The van der Waals surface area contributed by atoms with Crippen molar-refractivity contribution in [1.82, 2.24) is 4.98 Å². The summed E-state index contributed by atoms with van der Waals surface area (Å²) in [5.74, 6) is 0.722. The molecule has 2 heterocycles. The summed E-state index contributed by atoms with van der Waals surface area (Å²) in [6.07, 6.45) is 6.50. The molecule has 5 nitrogen and oxygen atoms in total. The Kier molecular flexibility index (Phi) is 5.99. The molecular formula is C25H22N2O3. The first-order chi connectivity index (χ1) is 14.7. The third-order valence-corrected chi connectivity index (χ3v) is 4.97. The van der Waals surface area contributed by atoms with Gasteiger partial charge >= 0.3 is 0 Å². The molecule has 4 rings (SSSR count). The van der Waals surface area contributed by atoms with Gasteiger partial charge in [0.25, 0.3) is 0 Å². The zero-order chi connectivity index (χ0) is 20.8. The van der Waals surface area contributed by atoms with Gasteiger partial charge in [-0.1, -0.05) is 24.3 Å². The van der Waals surface area contributed by atoms with Crippen LogP contribution in [-0.4, -0.2) is 23.2 Å². The monoisotopic (exact) mass is 398 g/mol. The van der Waals surface area contributed by atoms with E-state index < -0.39 is 0 Å². The topological polar surface area (TPSA) is 59.5 Å². The number of aromatic nitrogens is 1. The van der Waals surface area contributed by atoms with Crippen LogP contribution >= 0.6 is 0 Å². The summed E-state index contributed by atoms with van der Waals surface area (Å²) in [4.78, 5) is 30.5. The highest BCUT2D eigenvalue weighted by molar-refractivity contribution is 6.07. The molecule has 30 heavy (non-hydrogen) atoms. The SMILES string of the molecule is O=C(/C=C/c1ccccc1OCc1ccccn1)c1ccc(N2CCCC2=O)cc1. The lowest BCUT2D eigenvalue weighted by Crippen LogP contribution is -2.23. The zero-order valence-electron chi connectivity index (χ0n) is 16.5. The number of para-hydroxylation sites is 1. The molecule has 0 spiro atoms. The third kappa shape index (κ3) is 4.63. The Morgan fingerprint density at radius 3 is 2.57 bits per heavy atom. The second-order valence-electron chi connectivity index (χ2n) is 7.04. The van der Waals surface area contributed by atoms with Gasteiger partial charge in [0.1, 0.15) is 12.4 Å². The number of hydrogen-bond acceptors (Lipinski definition) is 4. The molecule has 1 aliphatic rings. The van der Waals surface area contributed by atoms with Crippen LogP contribution in [-0.2, 0) is 11.4 Å². The van der Waals surface area contributed by atoms with Gasteiger partial charge < -0.3 is 9.64 Å². The number of amides is 1. The molecule has 0 atom stereocenters. The van der Waals surface area contributed by atoms with Crippen molar-refractivity contribution in [2.75, 3.05) is 11.4 Å². The average Bonchev–Trinajstić information content (AvgIpc) is 3.23. The molecule has 2 aromatic carbocycles. The van der Waals surface area contributed by atoms with Crippen LogP contribution in [0.15, 0.2) is 79.0 Å². The summed E-state index contributed by atoms with van der Waals surface area (Å²) >= 11 is 0. The van der Waals surface area contributed by atoms with Crippen LogP contribution in [0.2, 0.25) is 0 Å². The van der Waals surface area contributed by atoms with Gasteiger partial charge in [0.15, 0.2) is 5.78 Å². The summed E-state index contributed by atoms with van der Waals surface area (Å²) in [6, 6.07) is 20.4. The van der Waals surface area contributed by atoms with Crippen LogP contribution in [0.1, 0.15) is 34.5 Å². The van der Waals surface area contributed by atoms with Crippen LogP contribution < -0.4 is 9.64 Å². The molecular weight excluding hydrogens is 376 g/mol. The first kappa shape index (κ1) is 19.6. The molecule has 0 aliphatic carbocycles. The van der Waals surface area contributed by atoms with Crippen molar-refractivity contribution in [3.05, 3.63) is 95.8 Å². The Labute approximate surface area is 175 Å². The van der Waals surface area contributed by atoms with Crippen molar-refractivity contribution in [3.63, 3.8) is 0 Å². The fourth-order valence-electron chi connectivity index (χ4n) is 3.37. The number of nitrogens with zero attached hydrogens (tertiary/aromatic N) is 2. The van der Waals surface area contributed by atoms with Crippen LogP contribution in [0, 0.1) is 0 Å². The smallest absolute Gasteiger partial charge is 0.227 e. The molecule has 1 aliphatic heterocycles. The zero-order valence-corrected chi connectivity index (χ0v) is 16.5. The molecule has 0 radical (unpaired) electrons. The first-order valence-corrected chi connectivity index (χ1v) is 9.95. The molecule has 3 aromatic rings. The van der Waals surface area contributed by atoms with Crippen LogP contribution in [0.5, 0.6) is 5.75 Å². The van der Waals surface area contributed by atoms with Gasteiger partial charge in [-0.2, -0.15) is 0 Å². The van der Waals surface area contributed by atoms with Gasteiger partial charge in [-0.15, -0.1) is 0 Å². The number of anilines is 1. The molecule has 0 N–H and O–H groups in total. The molecule has 1 aromatic heterocycles. The Morgan fingerprint density at radius 1 is 1.03 bits per heavy atom.